The maximum Gasteiger partial charge on any atom is 0.252 e. The Hall–Kier alpha value is -3.05. The van der Waals surface area contributed by atoms with Gasteiger partial charge in [-0.25, -0.2) is 0 Å². The Morgan fingerprint density at radius 3 is 2.68 bits per heavy atom. The lowest BCUT2D eigenvalue weighted by Gasteiger charge is -2.10. The topological polar surface area (TPSA) is 63.2 Å². The van der Waals surface area contributed by atoms with Gasteiger partial charge in [0, 0.05) is 30.5 Å². The van der Waals surface area contributed by atoms with Crippen molar-refractivity contribution in [2.45, 2.75) is 13.0 Å². The minimum Gasteiger partial charge on any atom is -0.496 e. The normalized spacial score (nSPS) is 10.4. The molecule has 144 valence electrons. The number of nitrogens with zero attached hydrogens (tertiary/aromatic N) is 1. The van der Waals surface area contributed by atoms with Crippen molar-refractivity contribution < 1.29 is 9.53 Å². The maximum atomic E-state index is 12.4. The number of carbonyl (C=O) groups is 1. The number of methoxy groups -OCH3 is 1. The molecule has 5 nitrogen and oxygen atoms in total. The summed E-state index contributed by atoms with van der Waals surface area (Å²) in [4.78, 5) is 16.6. The second kappa shape index (κ2) is 9.76. The van der Waals surface area contributed by atoms with Gasteiger partial charge < -0.3 is 15.4 Å². The van der Waals surface area contributed by atoms with Crippen LogP contribution in [0.5, 0.6) is 5.75 Å². The zero-order chi connectivity index (χ0) is 19.8. The summed E-state index contributed by atoms with van der Waals surface area (Å²) >= 11 is 5.90. The Morgan fingerprint density at radius 2 is 1.89 bits per heavy atom. The van der Waals surface area contributed by atoms with E-state index in [0.29, 0.717) is 30.1 Å². The van der Waals surface area contributed by atoms with Crippen LogP contribution in [0.2, 0.25) is 5.02 Å². The largest absolute Gasteiger partial charge is 0.496 e. The van der Waals surface area contributed by atoms with E-state index >= 15 is 0 Å². The third kappa shape index (κ3) is 5.47. The molecule has 1 aromatic heterocycles. The molecule has 0 fully saturated rings. The van der Waals surface area contributed by atoms with Crippen LogP contribution in [0, 0.1) is 0 Å². The van der Waals surface area contributed by atoms with Crippen LogP contribution < -0.4 is 15.4 Å². The molecule has 0 bridgehead atoms. The van der Waals surface area contributed by atoms with Crippen molar-refractivity contribution in [1.29, 1.82) is 0 Å². The van der Waals surface area contributed by atoms with Gasteiger partial charge in [-0.3, -0.25) is 9.78 Å². The Bertz CT molecular complexity index is 929. The molecule has 0 unspecified atom stereocenters. The van der Waals surface area contributed by atoms with E-state index in [1.54, 1.807) is 25.6 Å². The van der Waals surface area contributed by atoms with Gasteiger partial charge in [0.1, 0.15) is 5.75 Å². The monoisotopic (exact) mass is 395 g/mol. The summed E-state index contributed by atoms with van der Waals surface area (Å²) in [6.45, 7) is 1.14. The third-order valence-electron chi connectivity index (χ3n) is 4.28. The number of hydrogen-bond acceptors (Lipinski definition) is 4. The highest BCUT2D eigenvalue weighted by atomic mass is 35.5. The molecule has 0 aliphatic heterocycles. The van der Waals surface area contributed by atoms with Crippen molar-refractivity contribution in [3.05, 3.63) is 88.7 Å². The third-order valence-corrected chi connectivity index (χ3v) is 4.53. The highest BCUT2D eigenvalue weighted by molar-refractivity contribution is 6.30. The predicted octanol–water partition coefficient (Wildman–Crippen LogP) is 4.33. The molecule has 0 aliphatic rings. The fourth-order valence-electron chi connectivity index (χ4n) is 2.79. The minimum atomic E-state index is -0.155. The number of ether oxygens (including phenoxy) is 1. The lowest BCUT2D eigenvalue weighted by atomic mass is 10.1. The smallest absolute Gasteiger partial charge is 0.252 e. The van der Waals surface area contributed by atoms with E-state index in [1.165, 1.54) is 0 Å². The van der Waals surface area contributed by atoms with Crippen LogP contribution in [0.4, 0.5) is 5.69 Å². The van der Waals surface area contributed by atoms with E-state index in [0.717, 1.165) is 22.6 Å². The van der Waals surface area contributed by atoms with Gasteiger partial charge in [-0.05, 0) is 41.8 Å². The van der Waals surface area contributed by atoms with Crippen molar-refractivity contribution in [1.82, 2.24) is 10.3 Å². The van der Waals surface area contributed by atoms with E-state index in [9.17, 15) is 4.79 Å². The van der Waals surface area contributed by atoms with Crippen molar-refractivity contribution in [2.24, 2.45) is 0 Å². The van der Waals surface area contributed by atoms with Gasteiger partial charge in [-0.2, -0.15) is 0 Å². The lowest BCUT2D eigenvalue weighted by molar-refractivity contribution is 0.0953. The highest BCUT2D eigenvalue weighted by Crippen LogP contribution is 2.17. The standard InChI is InChI=1S/C22H22ClN3O2/c1-28-21-5-3-2-4-17(21)10-11-25-22(27)18-12-20(15-24-14-18)26-13-16-6-8-19(23)9-7-16/h2-9,12,14-15,26H,10-11,13H2,1H3,(H,25,27). The second-order valence-corrected chi connectivity index (χ2v) is 6.70. The number of para-hydroxylation sites is 1. The Kier molecular flexibility index (Phi) is 6.87. The molecule has 0 radical (unpaired) electrons. The van der Waals surface area contributed by atoms with Crippen LogP contribution in [-0.2, 0) is 13.0 Å². The van der Waals surface area contributed by atoms with Gasteiger partial charge in [-0.1, -0.05) is 41.9 Å². The number of aromatic nitrogens is 1. The van der Waals surface area contributed by atoms with E-state index < -0.39 is 0 Å². The number of hydrogen-bond donors (Lipinski definition) is 2. The quantitative estimate of drug-likeness (QED) is 0.596. The molecule has 0 atom stereocenters. The fraction of sp³-hybridized carbons (Fsp3) is 0.182. The molecule has 1 amide bonds. The molecular formula is C22H22ClN3O2. The number of halogens is 1. The Balaban J connectivity index is 1.54. The van der Waals surface area contributed by atoms with E-state index in [1.807, 2.05) is 48.5 Å². The first-order valence-electron chi connectivity index (χ1n) is 8.99. The molecule has 3 aromatic rings. The average molecular weight is 396 g/mol. The van der Waals surface area contributed by atoms with Crippen molar-refractivity contribution in [2.75, 3.05) is 19.0 Å². The summed E-state index contributed by atoms with van der Waals surface area (Å²) in [7, 11) is 1.64. The van der Waals surface area contributed by atoms with Crippen LogP contribution in [-0.4, -0.2) is 24.5 Å². The molecule has 3 rings (SSSR count). The van der Waals surface area contributed by atoms with Crippen LogP contribution in [0.3, 0.4) is 0 Å². The number of nitrogens with one attached hydrogen (secondary N) is 2. The number of amides is 1. The number of rotatable bonds is 8. The molecule has 0 saturated carbocycles. The molecule has 28 heavy (non-hydrogen) atoms. The van der Waals surface area contributed by atoms with E-state index in [4.69, 9.17) is 16.3 Å². The predicted molar refractivity (Wildman–Crippen MR) is 112 cm³/mol. The van der Waals surface area contributed by atoms with Gasteiger partial charge >= 0.3 is 0 Å². The van der Waals surface area contributed by atoms with Gasteiger partial charge in [0.05, 0.1) is 18.4 Å². The number of anilines is 1. The number of carbonyl (C=O) groups excluding carboxylic acids is 1. The highest BCUT2D eigenvalue weighted by Gasteiger charge is 2.08. The van der Waals surface area contributed by atoms with E-state index in [2.05, 4.69) is 15.6 Å². The number of pyridine rings is 1. The van der Waals surface area contributed by atoms with E-state index in [-0.39, 0.29) is 5.91 Å². The summed E-state index contributed by atoms with van der Waals surface area (Å²) in [5.41, 5.74) is 3.45. The Morgan fingerprint density at radius 1 is 1.11 bits per heavy atom. The molecule has 0 spiro atoms. The first-order valence-corrected chi connectivity index (χ1v) is 9.37. The second-order valence-electron chi connectivity index (χ2n) is 6.26. The SMILES string of the molecule is COc1ccccc1CCNC(=O)c1cncc(NCc2ccc(Cl)cc2)c1. The van der Waals surface area contributed by atoms with Crippen LogP contribution in [0.25, 0.3) is 0 Å². The van der Waals surface area contributed by atoms with Crippen LogP contribution in [0.15, 0.2) is 67.0 Å². The molecule has 0 saturated heterocycles. The Labute approximate surface area is 169 Å². The van der Waals surface area contributed by atoms with Crippen molar-refractivity contribution in [3.63, 3.8) is 0 Å². The fourth-order valence-corrected chi connectivity index (χ4v) is 2.92. The van der Waals surface area contributed by atoms with Crippen molar-refractivity contribution in [3.8, 4) is 5.75 Å². The average Bonchev–Trinajstić information content (AvgIpc) is 2.74. The van der Waals surface area contributed by atoms with Crippen LogP contribution in [0.1, 0.15) is 21.5 Å². The molecule has 1 heterocycles. The zero-order valence-corrected chi connectivity index (χ0v) is 16.4. The minimum absolute atomic E-state index is 0.155. The summed E-state index contributed by atoms with van der Waals surface area (Å²) in [6.07, 6.45) is 3.95. The zero-order valence-electron chi connectivity index (χ0n) is 15.6. The molecule has 6 heteroatoms. The molecular weight excluding hydrogens is 374 g/mol. The summed E-state index contributed by atoms with van der Waals surface area (Å²) in [6, 6.07) is 17.2. The molecule has 2 aromatic carbocycles. The molecule has 2 N–H and O–H groups in total. The summed E-state index contributed by atoms with van der Waals surface area (Å²) < 4.78 is 5.33. The number of benzene rings is 2. The maximum absolute atomic E-state index is 12.4. The van der Waals surface area contributed by atoms with Crippen LogP contribution >= 0.6 is 11.6 Å². The molecule has 0 aliphatic carbocycles. The summed E-state index contributed by atoms with van der Waals surface area (Å²) in [5.74, 6) is 0.671. The summed E-state index contributed by atoms with van der Waals surface area (Å²) in [5, 5.41) is 6.91. The first kappa shape index (κ1) is 19.7. The first-order chi connectivity index (χ1) is 13.7. The lowest BCUT2D eigenvalue weighted by Crippen LogP contribution is -2.26. The van der Waals surface area contributed by atoms with Gasteiger partial charge in [0.25, 0.3) is 5.91 Å². The van der Waals surface area contributed by atoms with Gasteiger partial charge in [-0.15, -0.1) is 0 Å². The van der Waals surface area contributed by atoms with Gasteiger partial charge in [0.15, 0.2) is 0 Å². The van der Waals surface area contributed by atoms with Crippen molar-refractivity contribution >= 4 is 23.2 Å². The van der Waals surface area contributed by atoms with Gasteiger partial charge in [0.2, 0.25) is 0 Å².